The maximum absolute atomic E-state index is 8.52. The molecule has 0 aromatic heterocycles. The van der Waals surface area contributed by atoms with Crippen molar-refractivity contribution in [1.29, 1.82) is 0 Å². The third kappa shape index (κ3) is 8.11. The van der Waals surface area contributed by atoms with E-state index in [0.717, 1.165) is 0 Å². The Morgan fingerprint density at radius 3 is 2.57 bits per heavy atom. The second-order valence-corrected chi connectivity index (χ2v) is 3.61. The highest BCUT2D eigenvalue weighted by molar-refractivity contribution is 4.82. The minimum Gasteiger partial charge on any atom is -0.499 e. The first-order chi connectivity index (χ1) is 6.85. The van der Waals surface area contributed by atoms with Gasteiger partial charge >= 0.3 is 0 Å². The number of aliphatic hydroxyl groups is 1. The summed E-state index contributed by atoms with van der Waals surface area (Å²) in [5, 5.41) is 8.52. The lowest BCUT2D eigenvalue weighted by Crippen LogP contribution is -1.97. The molecule has 1 N–H and O–H groups in total. The zero-order valence-electron chi connectivity index (χ0n) is 9.54. The summed E-state index contributed by atoms with van der Waals surface area (Å²) in [7, 11) is 0. The summed E-state index contributed by atoms with van der Waals surface area (Å²) < 4.78 is 5.11. The molecule has 84 valence electrons. The van der Waals surface area contributed by atoms with Crippen LogP contribution in [0.15, 0.2) is 12.3 Å². The van der Waals surface area contributed by atoms with Crippen LogP contribution in [0.4, 0.5) is 0 Å². The van der Waals surface area contributed by atoms with E-state index in [1.807, 2.05) is 0 Å². The molecule has 0 radical (unpaired) electrons. The molecule has 0 aliphatic heterocycles. The van der Waals surface area contributed by atoms with Crippen molar-refractivity contribution in [3.63, 3.8) is 0 Å². The summed E-state index contributed by atoms with van der Waals surface area (Å²) >= 11 is 0. The molecule has 1 unspecified atom stereocenters. The van der Waals surface area contributed by atoms with E-state index >= 15 is 0 Å². The highest BCUT2D eigenvalue weighted by Gasteiger charge is 2.02. The molecule has 0 aliphatic rings. The molecule has 0 bridgehead atoms. The minimum atomic E-state index is 0.0950. The summed E-state index contributed by atoms with van der Waals surface area (Å²) in [5.41, 5.74) is 0. The number of hydrogen-bond acceptors (Lipinski definition) is 2. The Kier molecular flexibility index (Phi) is 10.2. The summed E-state index contributed by atoms with van der Waals surface area (Å²) in [6.45, 7) is 4.93. The summed E-state index contributed by atoms with van der Waals surface area (Å²) in [5.74, 6) is 0.652. The predicted molar refractivity (Wildman–Crippen MR) is 60.1 cm³/mol. The van der Waals surface area contributed by atoms with E-state index in [2.05, 4.69) is 19.9 Å². The lowest BCUT2D eigenvalue weighted by Gasteiger charge is -2.10. The lowest BCUT2D eigenvalue weighted by atomic mass is 9.97. The minimum absolute atomic E-state index is 0.0950. The van der Waals surface area contributed by atoms with Gasteiger partial charge in [0.25, 0.3) is 0 Å². The number of hydrogen-bond donors (Lipinski definition) is 1. The van der Waals surface area contributed by atoms with Gasteiger partial charge in [0.1, 0.15) is 6.61 Å². The van der Waals surface area contributed by atoms with Crippen LogP contribution in [0.2, 0.25) is 0 Å². The Balaban J connectivity index is 3.64. The third-order valence-corrected chi connectivity index (χ3v) is 2.24. The fraction of sp³-hybridized carbons (Fsp3) is 0.833. The second kappa shape index (κ2) is 10.6. The van der Waals surface area contributed by atoms with Crippen molar-refractivity contribution in [2.75, 3.05) is 13.2 Å². The molecule has 0 fully saturated rings. The van der Waals surface area contributed by atoms with Gasteiger partial charge in [0.05, 0.1) is 12.9 Å². The number of ether oxygens (including phenoxy) is 1. The van der Waals surface area contributed by atoms with Gasteiger partial charge in [-0.25, -0.2) is 0 Å². The molecule has 0 spiro atoms. The first-order valence-electron chi connectivity index (χ1n) is 5.74. The molecular weight excluding hydrogens is 176 g/mol. The van der Waals surface area contributed by atoms with Gasteiger partial charge in [-0.15, -0.1) is 0 Å². The Labute approximate surface area is 88.0 Å². The van der Waals surface area contributed by atoms with Crippen molar-refractivity contribution in [2.24, 2.45) is 5.92 Å². The van der Waals surface area contributed by atoms with E-state index in [1.54, 1.807) is 6.26 Å². The summed E-state index contributed by atoms with van der Waals surface area (Å²) in [4.78, 5) is 0. The fourth-order valence-corrected chi connectivity index (χ4v) is 1.46. The molecule has 0 heterocycles. The van der Waals surface area contributed by atoms with Crippen molar-refractivity contribution < 1.29 is 9.84 Å². The lowest BCUT2D eigenvalue weighted by molar-refractivity contribution is 0.164. The third-order valence-electron chi connectivity index (χ3n) is 2.24. The van der Waals surface area contributed by atoms with E-state index in [9.17, 15) is 0 Å². The van der Waals surface area contributed by atoms with Crippen molar-refractivity contribution in [2.45, 2.75) is 46.0 Å². The van der Waals surface area contributed by atoms with Gasteiger partial charge in [-0.3, -0.25) is 0 Å². The van der Waals surface area contributed by atoms with E-state index in [1.165, 1.54) is 32.1 Å². The first-order valence-corrected chi connectivity index (χ1v) is 5.74. The maximum atomic E-state index is 8.52. The zero-order valence-corrected chi connectivity index (χ0v) is 9.54. The molecule has 0 aromatic rings. The molecule has 0 saturated carbocycles. The molecule has 0 saturated heterocycles. The van der Waals surface area contributed by atoms with E-state index in [4.69, 9.17) is 9.84 Å². The van der Waals surface area contributed by atoms with Crippen LogP contribution in [0, 0.1) is 5.92 Å². The topological polar surface area (TPSA) is 29.5 Å². The van der Waals surface area contributed by atoms with Gasteiger partial charge in [-0.2, -0.15) is 0 Å². The predicted octanol–water partition coefficient (Wildman–Crippen LogP) is 3.12. The maximum Gasteiger partial charge on any atom is 0.110 e. The van der Waals surface area contributed by atoms with Gasteiger partial charge in [0.15, 0.2) is 0 Å². The molecule has 0 aliphatic carbocycles. The largest absolute Gasteiger partial charge is 0.499 e. The molecular formula is C12H24O2. The van der Waals surface area contributed by atoms with Crippen LogP contribution in [0.25, 0.3) is 0 Å². The van der Waals surface area contributed by atoms with Crippen LogP contribution in [0.3, 0.4) is 0 Å². The highest BCUT2D eigenvalue weighted by atomic mass is 16.5. The molecule has 0 rings (SSSR count). The van der Waals surface area contributed by atoms with Crippen molar-refractivity contribution in [3.05, 3.63) is 12.3 Å². The Hall–Kier alpha value is -0.500. The summed E-state index contributed by atoms with van der Waals surface area (Å²) in [6.07, 6.45) is 10.1. The highest BCUT2D eigenvalue weighted by Crippen LogP contribution is 2.16. The Bertz CT molecular complexity index is 132. The Morgan fingerprint density at radius 1 is 1.21 bits per heavy atom. The van der Waals surface area contributed by atoms with Gasteiger partial charge in [0.2, 0.25) is 0 Å². The average molecular weight is 200 g/mol. The van der Waals surface area contributed by atoms with E-state index < -0.39 is 0 Å². The van der Waals surface area contributed by atoms with E-state index in [-0.39, 0.29) is 6.61 Å². The van der Waals surface area contributed by atoms with Crippen molar-refractivity contribution in [1.82, 2.24) is 0 Å². The first kappa shape index (κ1) is 13.5. The van der Waals surface area contributed by atoms with Gasteiger partial charge in [0, 0.05) is 0 Å². The standard InChI is InChI=1S/C12H24O2/c1-3-5-7-12(6-4-2)8-10-14-11-9-13/h8,10,12-13H,3-7,9,11H2,1-2H3/b10-8+. The van der Waals surface area contributed by atoms with E-state index in [0.29, 0.717) is 12.5 Å². The molecule has 2 heteroatoms. The van der Waals surface area contributed by atoms with Crippen molar-refractivity contribution >= 4 is 0 Å². The van der Waals surface area contributed by atoms with Crippen LogP contribution < -0.4 is 0 Å². The number of allylic oxidation sites excluding steroid dienone is 1. The molecule has 0 aromatic carbocycles. The average Bonchev–Trinajstić information content (AvgIpc) is 2.20. The van der Waals surface area contributed by atoms with Gasteiger partial charge in [-0.05, 0) is 24.8 Å². The second-order valence-electron chi connectivity index (χ2n) is 3.61. The van der Waals surface area contributed by atoms with Crippen LogP contribution >= 0.6 is 0 Å². The smallest absolute Gasteiger partial charge is 0.110 e. The SMILES string of the molecule is CCCCC(/C=C/OCCO)CCC. The van der Waals surface area contributed by atoms with Crippen LogP contribution in [-0.2, 0) is 4.74 Å². The van der Waals surface area contributed by atoms with Gasteiger partial charge in [-0.1, -0.05) is 33.1 Å². The molecule has 1 atom stereocenters. The number of unbranched alkanes of at least 4 members (excludes halogenated alkanes) is 1. The zero-order chi connectivity index (χ0) is 10.6. The number of aliphatic hydroxyl groups excluding tert-OH is 1. The van der Waals surface area contributed by atoms with Crippen LogP contribution in [-0.4, -0.2) is 18.3 Å². The fourth-order valence-electron chi connectivity index (χ4n) is 1.46. The quantitative estimate of drug-likeness (QED) is 0.458. The number of rotatable bonds is 9. The molecule has 14 heavy (non-hydrogen) atoms. The van der Waals surface area contributed by atoms with Gasteiger partial charge < -0.3 is 9.84 Å². The van der Waals surface area contributed by atoms with Crippen molar-refractivity contribution in [3.8, 4) is 0 Å². The normalized spacial score (nSPS) is 13.4. The summed E-state index contributed by atoms with van der Waals surface area (Å²) in [6, 6.07) is 0. The van der Waals surface area contributed by atoms with Crippen LogP contribution in [0.5, 0.6) is 0 Å². The van der Waals surface area contributed by atoms with Crippen LogP contribution in [0.1, 0.15) is 46.0 Å². The Morgan fingerprint density at radius 2 is 2.00 bits per heavy atom. The monoisotopic (exact) mass is 200 g/mol. The molecule has 0 amide bonds. The molecule has 2 nitrogen and oxygen atoms in total.